The normalized spacial score (nSPS) is 10.1. The molecule has 59 valence electrons. The first-order chi connectivity index (χ1) is 5.86. The average molecular weight is 157 g/mol. The first kappa shape index (κ1) is 7.17. The molecule has 1 radical (unpaired) electrons. The van der Waals surface area contributed by atoms with E-state index in [0.717, 1.165) is 11.1 Å². The largest absolute Gasteiger partial charge is 0.471 e. The Kier molecular flexibility index (Phi) is 1.71. The smallest absolute Gasteiger partial charge is 0.0988 e. The maximum Gasteiger partial charge on any atom is 0.0988 e. The van der Waals surface area contributed by atoms with E-state index in [-0.39, 0.29) is 0 Å². The molecule has 1 heteroatoms. The van der Waals surface area contributed by atoms with Crippen molar-refractivity contribution in [3.63, 3.8) is 0 Å². The molecule has 2 aromatic rings. The van der Waals surface area contributed by atoms with Crippen molar-refractivity contribution in [1.82, 2.24) is 0 Å². The summed E-state index contributed by atoms with van der Waals surface area (Å²) in [6.07, 6.45) is 3.26. The van der Waals surface area contributed by atoms with E-state index in [2.05, 4.69) is 37.3 Å². The lowest BCUT2D eigenvalue weighted by Gasteiger charge is -1.95. The molecule has 1 aromatic heterocycles. The third-order valence-electron chi connectivity index (χ3n) is 1.83. The Morgan fingerprint density at radius 2 is 1.92 bits per heavy atom. The van der Waals surface area contributed by atoms with Crippen LogP contribution in [0, 0.1) is 13.0 Å². The van der Waals surface area contributed by atoms with Gasteiger partial charge in [0.25, 0.3) is 0 Å². The minimum atomic E-state index is 1.01. The molecule has 0 aliphatic heterocycles. The lowest BCUT2D eigenvalue weighted by molar-refractivity contribution is 0.567. The van der Waals surface area contributed by atoms with Crippen molar-refractivity contribution in [3.8, 4) is 11.1 Å². The van der Waals surface area contributed by atoms with E-state index < -0.39 is 0 Å². The molecule has 0 saturated heterocycles. The third kappa shape index (κ3) is 1.26. The van der Waals surface area contributed by atoms with Gasteiger partial charge in [-0.25, -0.2) is 0 Å². The Labute approximate surface area is 71.6 Å². The van der Waals surface area contributed by atoms with Crippen LogP contribution in [-0.4, -0.2) is 0 Å². The van der Waals surface area contributed by atoms with Crippen LogP contribution >= 0.6 is 0 Å². The monoisotopic (exact) mass is 157 g/mol. The van der Waals surface area contributed by atoms with Gasteiger partial charge in [0.2, 0.25) is 0 Å². The summed E-state index contributed by atoms with van der Waals surface area (Å²) >= 11 is 0. The number of hydrogen-bond donors (Lipinski definition) is 0. The van der Waals surface area contributed by atoms with Gasteiger partial charge in [-0.05, 0) is 12.5 Å². The summed E-state index contributed by atoms with van der Waals surface area (Å²) in [5, 5.41) is 0. The second kappa shape index (κ2) is 2.86. The fourth-order valence-electron chi connectivity index (χ4n) is 1.12. The topological polar surface area (TPSA) is 13.1 Å². The lowest BCUT2D eigenvalue weighted by Crippen LogP contribution is -1.74. The molecular formula is C11H9O. The fourth-order valence-corrected chi connectivity index (χ4v) is 1.12. The summed E-state index contributed by atoms with van der Waals surface area (Å²) in [7, 11) is 0. The summed E-state index contributed by atoms with van der Waals surface area (Å²) < 4.78 is 4.94. The van der Waals surface area contributed by atoms with Crippen LogP contribution in [0.2, 0.25) is 0 Å². The molecule has 0 atom stereocenters. The van der Waals surface area contributed by atoms with Crippen molar-refractivity contribution in [1.29, 1.82) is 0 Å². The van der Waals surface area contributed by atoms with Crippen molar-refractivity contribution < 1.29 is 4.42 Å². The zero-order valence-corrected chi connectivity index (χ0v) is 6.87. The quantitative estimate of drug-likeness (QED) is 0.620. The van der Waals surface area contributed by atoms with Crippen LogP contribution in [0.1, 0.15) is 5.56 Å². The van der Waals surface area contributed by atoms with E-state index in [1.165, 1.54) is 5.56 Å². The predicted molar refractivity (Wildman–Crippen MR) is 47.7 cm³/mol. The molecule has 0 aliphatic rings. The van der Waals surface area contributed by atoms with Gasteiger partial charge in [0.1, 0.15) is 0 Å². The summed E-state index contributed by atoms with van der Waals surface area (Å²) in [6.45, 7) is 2.07. The van der Waals surface area contributed by atoms with E-state index in [9.17, 15) is 0 Å². The van der Waals surface area contributed by atoms with Crippen molar-refractivity contribution in [2.24, 2.45) is 0 Å². The molecule has 12 heavy (non-hydrogen) atoms. The van der Waals surface area contributed by atoms with Crippen LogP contribution in [0.4, 0.5) is 0 Å². The maximum atomic E-state index is 4.94. The number of aryl methyl sites for hydroxylation is 1. The highest BCUT2D eigenvalue weighted by Gasteiger charge is 1.97. The van der Waals surface area contributed by atoms with E-state index in [1.807, 2.05) is 0 Å². The fraction of sp³-hybridized carbons (Fsp3) is 0.0909. The molecule has 1 nitrogen and oxygen atoms in total. The third-order valence-corrected chi connectivity index (χ3v) is 1.83. The van der Waals surface area contributed by atoms with Crippen LogP contribution in [0.5, 0.6) is 0 Å². The number of furan rings is 1. The van der Waals surface area contributed by atoms with E-state index in [4.69, 9.17) is 4.42 Å². The summed E-state index contributed by atoms with van der Waals surface area (Å²) in [4.78, 5) is 0. The Bertz CT molecular complexity index is 343. The number of benzene rings is 1. The van der Waals surface area contributed by atoms with Crippen LogP contribution < -0.4 is 0 Å². The molecule has 0 aliphatic carbocycles. The van der Waals surface area contributed by atoms with Gasteiger partial charge >= 0.3 is 0 Å². The zero-order chi connectivity index (χ0) is 8.39. The molecule has 0 amide bonds. The summed E-state index contributed by atoms with van der Waals surface area (Å²) in [5.74, 6) is 0. The number of rotatable bonds is 1. The van der Waals surface area contributed by atoms with Crippen LogP contribution in [0.3, 0.4) is 0 Å². The Morgan fingerprint density at radius 1 is 1.17 bits per heavy atom. The van der Waals surface area contributed by atoms with Gasteiger partial charge in [-0.1, -0.05) is 29.8 Å². The minimum Gasteiger partial charge on any atom is -0.471 e. The molecular weight excluding hydrogens is 148 g/mol. The van der Waals surface area contributed by atoms with E-state index in [1.54, 1.807) is 12.5 Å². The van der Waals surface area contributed by atoms with E-state index in [0.29, 0.717) is 0 Å². The number of hydrogen-bond acceptors (Lipinski definition) is 1. The van der Waals surface area contributed by atoms with Gasteiger partial charge in [-0.15, -0.1) is 0 Å². The molecule has 0 N–H and O–H groups in total. The molecule has 1 heterocycles. The second-order valence-corrected chi connectivity index (χ2v) is 2.80. The minimum absolute atomic E-state index is 1.01. The van der Waals surface area contributed by atoms with E-state index >= 15 is 0 Å². The van der Waals surface area contributed by atoms with Crippen molar-refractivity contribution >= 4 is 0 Å². The van der Waals surface area contributed by atoms with Gasteiger partial charge in [0.15, 0.2) is 0 Å². The van der Waals surface area contributed by atoms with Gasteiger partial charge < -0.3 is 4.42 Å². The Balaban J connectivity index is 2.43. The van der Waals surface area contributed by atoms with Crippen molar-refractivity contribution in [2.45, 2.75) is 6.92 Å². The first-order valence-corrected chi connectivity index (χ1v) is 3.87. The van der Waals surface area contributed by atoms with Gasteiger partial charge in [0, 0.05) is 11.6 Å². The van der Waals surface area contributed by atoms with Gasteiger partial charge in [-0.3, -0.25) is 0 Å². The Morgan fingerprint density at radius 3 is 2.50 bits per heavy atom. The predicted octanol–water partition coefficient (Wildman–Crippen LogP) is 3.06. The Hall–Kier alpha value is -1.50. The highest BCUT2D eigenvalue weighted by atomic mass is 16.3. The summed E-state index contributed by atoms with van der Waals surface area (Å²) in [6, 6.07) is 11.3. The SMILES string of the molecule is Cc1ccc(-c2[c]coc2)cc1. The lowest BCUT2D eigenvalue weighted by atomic mass is 10.1. The van der Waals surface area contributed by atoms with Crippen LogP contribution in [0.25, 0.3) is 11.1 Å². The van der Waals surface area contributed by atoms with Crippen molar-refractivity contribution in [2.75, 3.05) is 0 Å². The second-order valence-electron chi connectivity index (χ2n) is 2.80. The molecule has 0 fully saturated rings. The molecule has 0 saturated carbocycles. The molecule has 0 bridgehead atoms. The highest BCUT2D eigenvalue weighted by molar-refractivity contribution is 5.61. The van der Waals surface area contributed by atoms with Crippen molar-refractivity contribution in [3.05, 3.63) is 48.4 Å². The molecule has 0 spiro atoms. The van der Waals surface area contributed by atoms with Gasteiger partial charge in [0.05, 0.1) is 12.5 Å². The van der Waals surface area contributed by atoms with Gasteiger partial charge in [-0.2, -0.15) is 0 Å². The van der Waals surface area contributed by atoms with Crippen LogP contribution in [0.15, 0.2) is 41.2 Å². The highest BCUT2D eigenvalue weighted by Crippen LogP contribution is 2.18. The zero-order valence-electron chi connectivity index (χ0n) is 6.87. The summed E-state index contributed by atoms with van der Waals surface area (Å²) in [5.41, 5.74) is 3.42. The standard InChI is InChI=1S/C11H9O/c1-9-2-4-10(5-3-9)11-6-7-12-8-11/h2-5,7-8H,1H3. The molecule has 1 aromatic carbocycles. The first-order valence-electron chi connectivity index (χ1n) is 3.87. The molecule has 0 unspecified atom stereocenters. The average Bonchev–Trinajstić information content (AvgIpc) is 2.58. The van der Waals surface area contributed by atoms with Crippen LogP contribution in [-0.2, 0) is 0 Å². The molecule has 2 rings (SSSR count). The maximum absolute atomic E-state index is 4.94.